The van der Waals surface area contributed by atoms with Crippen LogP contribution in [0.2, 0.25) is 0 Å². The second kappa shape index (κ2) is 5.43. The van der Waals surface area contributed by atoms with Gasteiger partial charge < -0.3 is 9.84 Å². The molecule has 6 nitrogen and oxygen atoms in total. The third kappa shape index (κ3) is 3.30. The van der Waals surface area contributed by atoms with E-state index in [0.717, 1.165) is 12.1 Å². The van der Waals surface area contributed by atoms with E-state index in [0.29, 0.717) is 11.8 Å². The summed E-state index contributed by atoms with van der Waals surface area (Å²) in [5, 5.41) is 15.7. The lowest BCUT2D eigenvalue weighted by Crippen LogP contribution is -2.11. The van der Waals surface area contributed by atoms with E-state index in [1.807, 2.05) is 0 Å². The van der Waals surface area contributed by atoms with E-state index in [1.54, 1.807) is 6.92 Å². The molecule has 0 aliphatic heterocycles. The molecular formula is C12H9F3N2O4. The summed E-state index contributed by atoms with van der Waals surface area (Å²) in [7, 11) is 0. The van der Waals surface area contributed by atoms with Crippen molar-refractivity contribution in [3.8, 4) is 5.75 Å². The van der Waals surface area contributed by atoms with Gasteiger partial charge in [-0.1, -0.05) is 10.3 Å². The standard InChI is InChI=1S/C12H9F3N2O4/c1-6-9(17-21-16-6)5-20-10-3-2-7(11(18)19)4-8(10)12(13,14)15/h2-4H,5H2,1H3,(H,18,19). The van der Waals surface area contributed by atoms with Gasteiger partial charge in [-0.15, -0.1) is 0 Å². The van der Waals surface area contributed by atoms with Gasteiger partial charge in [0, 0.05) is 0 Å². The number of carboxylic acid groups (broad SMARTS) is 1. The molecule has 0 aliphatic carbocycles. The average Bonchev–Trinajstić information content (AvgIpc) is 2.80. The van der Waals surface area contributed by atoms with E-state index in [4.69, 9.17) is 9.84 Å². The molecule has 1 aromatic carbocycles. The van der Waals surface area contributed by atoms with Gasteiger partial charge in [0.2, 0.25) is 0 Å². The lowest BCUT2D eigenvalue weighted by atomic mass is 10.1. The Kier molecular flexibility index (Phi) is 3.83. The Bertz CT molecular complexity index is 667. The molecule has 9 heteroatoms. The number of carboxylic acids is 1. The minimum absolute atomic E-state index is 0.255. The second-order valence-corrected chi connectivity index (χ2v) is 4.10. The molecule has 0 saturated heterocycles. The summed E-state index contributed by atoms with van der Waals surface area (Å²) >= 11 is 0. The number of aromatic carboxylic acids is 1. The maximum atomic E-state index is 12.9. The van der Waals surface area contributed by atoms with Crippen molar-refractivity contribution in [2.45, 2.75) is 19.7 Å². The van der Waals surface area contributed by atoms with Crippen LogP contribution >= 0.6 is 0 Å². The summed E-state index contributed by atoms with van der Waals surface area (Å²) in [4.78, 5) is 10.7. The molecule has 0 aliphatic rings. The van der Waals surface area contributed by atoms with Crippen molar-refractivity contribution >= 4 is 5.97 Å². The van der Waals surface area contributed by atoms with Crippen LogP contribution in [-0.2, 0) is 12.8 Å². The van der Waals surface area contributed by atoms with Crippen LogP contribution in [-0.4, -0.2) is 21.4 Å². The Labute approximate surface area is 116 Å². The fourth-order valence-electron chi connectivity index (χ4n) is 1.54. The first-order valence-electron chi connectivity index (χ1n) is 5.64. The smallest absolute Gasteiger partial charge is 0.419 e. The third-order valence-corrected chi connectivity index (χ3v) is 2.64. The molecule has 0 radical (unpaired) electrons. The summed E-state index contributed by atoms with van der Waals surface area (Å²) in [5.74, 6) is -1.95. The van der Waals surface area contributed by atoms with Crippen LogP contribution in [0.1, 0.15) is 27.3 Å². The van der Waals surface area contributed by atoms with Crippen molar-refractivity contribution in [2.75, 3.05) is 0 Å². The largest absolute Gasteiger partial charge is 0.486 e. The Morgan fingerprint density at radius 2 is 2.10 bits per heavy atom. The molecule has 0 fully saturated rings. The lowest BCUT2D eigenvalue weighted by molar-refractivity contribution is -0.139. The van der Waals surface area contributed by atoms with Crippen LogP contribution in [0.15, 0.2) is 22.8 Å². The highest BCUT2D eigenvalue weighted by Gasteiger charge is 2.35. The SMILES string of the molecule is Cc1nonc1COc1ccc(C(=O)O)cc1C(F)(F)F. The molecule has 1 heterocycles. The number of benzene rings is 1. The van der Waals surface area contributed by atoms with Crippen molar-refractivity contribution in [1.29, 1.82) is 0 Å². The number of hydrogen-bond acceptors (Lipinski definition) is 5. The first kappa shape index (κ1) is 14.8. The quantitative estimate of drug-likeness (QED) is 0.934. The second-order valence-electron chi connectivity index (χ2n) is 4.10. The van der Waals surface area contributed by atoms with Crippen molar-refractivity contribution < 1.29 is 32.4 Å². The summed E-state index contributed by atoms with van der Waals surface area (Å²) in [5.41, 5.74) is -0.999. The molecule has 0 atom stereocenters. The number of halogens is 3. The van der Waals surface area contributed by atoms with Gasteiger partial charge in [0.15, 0.2) is 0 Å². The molecule has 0 amide bonds. The predicted molar refractivity (Wildman–Crippen MR) is 61.8 cm³/mol. The molecule has 1 N–H and O–H groups in total. The number of nitrogens with zero attached hydrogens (tertiary/aromatic N) is 2. The zero-order valence-corrected chi connectivity index (χ0v) is 10.6. The Balaban J connectivity index is 2.30. The number of rotatable bonds is 4. The summed E-state index contributed by atoms with van der Waals surface area (Å²) < 4.78 is 48.2. The normalized spacial score (nSPS) is 11.4. The van der Waals surface area contributed by atoms with Crippen LogP contribution in [0.25, 0.3) is 0 Å². The number of alkyl halides is 3. The molecule has 21 heavy (non-hydrogen) atoms. The first-order valence-corrected chi connectivity index (χ1v) is 5.64. The molecule has 2 aromatic rings. The number of ether oxygens (including phenoxy) is 1. The number of aryl methyl sites for hydroxylation is 1. The van der Waals surface area contributed by atoms with Gasteiger partial charge in [0.1, 0.15) is 23.7 Å². The van der Waals surface area contributed by atoms with E-state index in [1.165, 1.54) is 0 Å². The number of hydrogen-bond donors (Lipinski definition) is 1. The number of carbonyl (C=O) groups is 1. The zero-order valence-electron chi connectivity index (χ0n) is 10.6. The fourth-order valence-corrected chi connectivity index (χ4v) is 1.54. The Hall–Kier alpha value is -2.58. The molecular weight excluding hydrogens is 293 g/mol. The zero-order chi connectivity index (χ0) is 15.6. The lowest BCUT2D eigenvalue weighted by Gasteiger charge is -2.14. The fraction of sp³-hybridized carbons (Fsp3) is 0.250. The maximum absolute atomic E-state index is 12.9. The van der Waals surface area contributed by atoms with Crippen LogP contribution in [0, 0.1) is 6.92 Å². The first-order chi connectivity index (χ1) is 9.79. The highest BCUT2D eigenvalue weighted by Crippen LogP contribution is 2.37. The van der Waals surface area contributed by atoms with Gasteiger partial charge in [-0.05, 0) is 25.1 Å². The minimum Gasteiger partial charge on any atom is -0.486 e. The van der Waals surface area contributed by atoms with Crippen LogP contribution in [0.3, 0.4) is 0 Å². The van der Waals surface area contributed by atoms with Crippen LogP contribution < -0.4 is 4.74 Å². The molecule has 0 saturated carbocycles. The predicted octanol–water partition coefficient (Wildman–Crippen LogP) is 2.67. The average molecular weight is 302 g/mol. The molecule has 0 unspecified atom stereocenters. The van der Waals surface area contributed by atoms with E-state index >= 15 is 0 Å². The summed E-state index contributed by atoms with van der Waals surface area (Å²) in [6, 6.07) is 2.50. The minimum atomic E-state index is -4.74. The third-order valence-electron chi connectivity index (χ3n) is 2.64. The molecule has 0 spiro atoms. The maximum Gasteiger partial charge on any atom is 0.419 e. The monoisotopic (exact) mass is 302 g/mol. The Morgan fingerprint density at radius 1 is 1.38 bits per heavy atom. The number of aromatic nitrogens is 2. The Morgan fingerprint density at radius 3 is 2.62 bits per heavy atom. The topological polar surface area (TPSA) is 85.5 Å². The molecule has 2 rings (SSSR count). The van der Waals surface area contributed by atoms with E-state index in [-0.39, 0.29) is 12.3 Å². The summed E-state index contributed by atoms with van der Waals surface area (Å²) in [6.45, 7) is 1.29. The van der Waals surface area contributed by atoms with Crippen LogP contribution in [0.4, 0.5) is 13.2 Å². The van der Waals surface area contributed by atoms with E-state index in [2.05, 4.69) is 14.9 Å². The molecule has 1 aromatic heterocycles. The van der Waals surface area contributed by atoms with E-state index < -0.39 is 29.0 Å². The van der Waals surface area contributed by atoms with Gasteiger partial charge in [-0.25, -0.2) is 9.42 Å². The van der Waals surface area contributed by atoms with Crippen LogP contribution in [0.5, 0.6) is 5.75 Å². The summed E-state index contributed by atoms with van der Waals surface area (Å²) in [6.07, 6.45) is -4.74. The van der Waals surface area contributed by atoms with Crippen molar-refractivity contribution in [3.63, 3.8) is 0 Å². The van der Waals surface area contributed by atoms with Gasteiger partial charge in [-0.3, -0.25) is 0 Å². The van der Waals surface area contributed by atoms with Gasteiger partial charge in [0.25, 0.3) is 0 Å². The highest BCUT2D eigenvalue weighted by atomic mass is 19.4. The van der Waals surface area contributed by atoms with Crippen molar-refractivity contribution in [3.05, 3.63) is 40.7 Å². The highest BCUT2D eigenvalue weighted by molar-refractivity contribution is 5.88. The van der Waals surface area contributed by atoms with Crippen molar-refractivity contribution in [1.82, 2.24) is 10.3 Å². The van der Waals surface area contributed by atoms with E-state index in [9.17, 15) is 18.0 Å². The van der Waals surface area contributed by atoms with Crippen molar-refractivity contribution in [2.24, 2.45) is 0 Å². The van der Waals surface area contributed by atoms with Gasteiger partial charge in [-0.2, -0.15) is 13.2 Å². The molecule has 0 bridgehead atoms. The van der Waals surface area contributed by atoms with Gasteiger partial charge >= 0.3 is 12.1 Å². The van der Waals surface area contributed by atoms with Gasteiger partial charge in [0.05, 0.1) is 11.1 Å². The molecule has 112 valence electrons.